The fourth-order valence-corrected chi connectivity index (χ4v) is 2.00. The van der Waals surface area contributed by atoms with Gasteiger partial charge in [-0.1, -0.05) is 28.1 Å². The van der Waals surface area contributed by atoms with Gasteiger partial charge in [0.2, 0.25) is 0 Å². The summed E-state index contributed by atoms with van der Waals surface area (Å²) in [7, 11) is 1.96. The molecule has 2 nitrogen and oxygen atoms in total. The average Bonchev–Trinajstić information content (AvgIpc) is 2.12. The van der Waals surface area contributed by atoms with Crippen LogP contribution in [-0.4, -0.2) is 23.5 Å². The topological polar surface area (TPSA) is 29.3 Å². The van der Waals surface area contributed by atoms with Crippen molar-refractivity contribution in [2.75, 3.05) is 13.6 Å². The second-order valence-corrected chi connectivity index (χ2v) is 5.17. The van der Waals surface area contributed by atoms with Crippen molar-refractivity contribution in [3.63, 3.8) is 0 Å². The Hall–Kier alpha value is -0.520. The maximum atomic E-state index is 13.1. The number of nitrogens with two attached hydrogens (primary N) is 1. The van der Waals surface area contributed by atoms with Crippen LogP contribution in [0, 0.1) is 5.82 Å². The van der Waals surface area contributed by atoms with Crippen LogP contribution >= 0.6 is 28.1 Å². The van der Waals surface area contributed by atoms with Crippen molar-refractivity contribution in [3.05, 3.63) is 34.1 Å². The van der Waals surface area contributed by atoms with E-state index < -0.39 is 0 Å². The second-order valence-electron chi connectivity index (χ2n) is 3.73. The fraction of sp³-hybridized carbons (Fsp3) is 0.364. The highest BCUT2D eigenvalue weighted by Crippen LogP contribution is 2.16. The van der Waals surface area contributed by atoms with Gasteiger partial charge in [0.1, 0.15) is 5.82 Å². The molecule has 0 aromatic heterocycles. The minimum atomic E-state index is -0.230. The Morgan fingerprint density at radius 3 is 2.75 bits per heavy atom. The lowest BCUT2D eigenvalue weighted by atomic mass is 10.2. The Bertz CT molecular complexity index is 364. The molecule has 0 heterocycles. The van der Waals surface area contributed by atoms with E-state index in [-0.39, 0.29) is 5.82 Å². The number of halogens is 2. The maximum absolute atomic E-state index is 13.1. The number of rotatable bonds is 5. The summed E-state index contributed by atoms with van der Waals surface area (Å²) in [5, 5.41) is 0. The Morgan fingerprint density at radius 1 is 1.50 bits per heavy atom. The van der Waals surface area contributed by atoms with E-state index in [0.29, 0.717) is 18.0 Å². The van der Waals surface area contributed by atoms with E-state index >= 15 is 0 Å². The summed E-state index contributed by atoms with van der Waals surface area (Å²) in [5.41, 5.74) is 6.35. The van der Waals surface area contributed by atoms with Gasteiger partial charge < -0.3 is 10.6 Å². The standard InChI is InChI=1S/C11H14BrFN2S/c1-15(3-2-11(14)16)7-8-4-9(12)6-10(13)5-8/h4-6H,2-3,7H2,1H3,(H2,14,16). The molecule has 0 unspecified atom stereocenters. The van der Waals surface area contributed by atoms with E-state index in [1.807, 2.05) is 13.1 Å². The molecule has 0 amide bonds. The zero-order valence-electron chi connectivity index (χ0n) is 9.04. The summed E-state index contributed by atoms with van der Waals surface area (Å²) >= 11 is 8.07. The van der Waals surface area contributed by atoms with Crippen LogP contribution in [0.2, 0.25) is 0 Å². The van der Waals surface area contributed by atoms with Crippen molar-refractivity contribution >= 4 is 33.1 Å². The van der Waals surface area contributed by atoms with Gasteiger partial charge in [0.05, 0.1) is 4.99 Å². The lowest BCUT2D eigenvalue weighted by molar-refractivity contribution is 0.336. The van der Waals surface area contributed by atoms with Crippen molar-refractivity contribution < 1.29 is 4.39 Å². The number of benzene rings is 1. The fourth-order valence-electron chi connectivity index (χ4n) is 1.39. The van der Waals surface area contributed by atoms with Gasteiger partial charge in [-0.25, -0.2) is 4.39 Å². The van der Waals surface area contributed by atoms with Crippen molar-refractivity contribution in [1.29, 1.82) is 0 Å². The first-order valence-electron chi connectivity index (χ1n) is 4.89. The molecule has 0 saturated carbocycles. The monoisotopic (exact) mass is 304 g/mol. The largest absolute Gasteiger partial charge is 0.393 e. The van der Waals surface area contributed by atoms with Gasteiger partial charge >= 0.3 is 0 Å². The van der Waals surface area contributed by atoms with Crippen LogP contribution in [0.15, 0.2) is 22.7 Å². The smallest absolute Gasteiger partial charge is 0.124 e. The minimum Gasteiger partial charge on any atom is -0.393 e. The molecule has 0 atom stereocenters. The molecule has 1 aromatic rings. The zero-order valence-corrected chi connectivity index (χ0v) is 11.4. The summed E-state index contributed by atoms with van der Waals surface area (Å²) in [5.74, 6) is -0.230. The number of nitrogens with zero attached hydrogens (tertiary/aromatic N) is 1. The number of hydrogen-bond acceptors (Lipinski definition) is 2. The average molecular weight is 305 g/mol. The molecule has 16 heavy (non-hydrogen) atoms. The van der Waals surface area contributed by atoms with Crippen LogP contribution in [-0.2, 0) is 6.54 Å². The zero-order chi connectivity index (χ0) is 12.1. The van der Waals surface area contributed by atoms with E-state index in [0.717, 1.165) is 16.6 Å². The maximum Gasteiger partial charge on any atom is 0.124 e. The molecule has 1 rings (SSSR count). The molecule has 0 saturated heterocycles. The third-order valence-corrected chi connectivity index (χ3v) is 2.78. The van der Waals surface area contributed by atoms with E-state index in [4.69, 9.17) is 18.0 Å². The molecule has 5 heteroatoms. The number of thiocarbonyl (C=S) groups is 1. The molecule has 0 radical (unpaired) electrons. The first-order valence-corrected chi connectivity index (χ1v) is 6.09. The molecule has 0 spiro atoms. The molecule has 0 aliphatic heterocycles. The first-order chi connectivity index (χ1) is 7.47. The summed E-state index contributed by atoms with van der Waals surface area (Å²) < 4.78 is 13.9. The van der Waals surface area contributed by atoms with Crippen molar-refractivity contribution in [1.82, 2.24) is 4.90 Å². The van der Waals surface area contributed by atoms with E-state index in [2.05, 4.69) is 20.8 Å². The Balaban J connectivity index is 2.55. The van der Waals surface area contributed by atoms with Crippen molar-refractivity contribution in [2.24, 2.45) is 5.73 Å². The summed E-state index contributed by atoms with van der Waals surface area (Å²) in [6.45, 7) is 1.46. The predicted octanol–water partition coefficient (Wildman–Crippen LogP) is 2.70. The van der Waals surface area contributed by atoms with Gasteiger partial charge in [0.15, 0.2) is 0 Å². The molecule has 0 bridgehead atoms. The highest BCUT2D eigenvalue weighted by Gasteiger charge is 2.03. The molecule has 1 aromatic carbocycles. The van der Waals surface area contributed by atoms with Crippen molar-refractivity contribution in [3.8, 4) is 0 Å². The molecular formula is C11H14BrFN2S. The lowest BCUT2D eigenvalue weighted by Gasteiger charge is -2.16. The van der Waals surface area contributed by atoms with Gasteiger partial charge in [-0.3, -0.25) is 0 Å². The minimum absolute atomic E-state index is 0.230. The molecular weight excluding hydrogens is 291 g/mol. The van der Waals surface area contributed by atoms with Crippen molar-refractivity contribution in [2.45, 2.75) is 13.0 Å². The molecule has 0 fully saturated rings. The Kier molecular flexibility index (Phi) is 5.31. The van der Waals surface area contributed by atoms with Gasteiger partial charge in [-0.15, -0.1) is 0 Å². The third-order valence-electron chi connectivity index (χ3n) is 2.11. The van der Waals surface area contributed by atoms with Crippen LogP contribution in [0.4, 0.5) is 4.39 Å². The van der Waals surface area contributed by atoms with E-state index in [9.17, 15) is 4.39 Å². The Morgan fingerprint density at radius 2 is 2.19 bits per heavy atom. The van der Waals surface area contributed by atoms with Gasteiger partial charge in [0, 0.05) is 24.0 Å². The Labute approximate surface area is 109 Å². The predicted molar refractivity (Wildman–Crippen MR) is 71.8 cm³/mol. The van der Waals surface area contributed by atoms with Gasteiger partial charge in [-0.05, 0) is 30.8 Å². The van der Waals surface area contributed by atoms with Crippen LogP contribution < -0.4 is 5.73 Å². The molecule has 0 aliphatic carbocycles. The normalized spacial score (nSPS) is 10.8. The van der Waals surface area contributed by atoms with Crippen LogP contribution in [0.3, 0.4) is 0 Å². The van der Waals surface area contributed by atoms with Gasteiger partial charge in [-0.2, -0.15) is 0 Å². The van der Waals surface area contributed by atoms with Gasteiger partial charge in [0.25, 0.3) is 0 Å². The lowest BCUT2D eigenvalue weighted by Crippen LogP contribution is -2.23. The number of hydrogen-bond donors (Lipinski definition) is 1. The highest BCUT2D eigenvalue weighted by molar-refractivity contribution is 9.10. The summed E-state index contributed by atoms with van der Waals surface area (Å²) in [4.78, 5) is 2.56. The first kappa shape index (κ1) is 13.5. The quantitative estimate of drug-likeness (QED) is 0.848. The molecule has 88 valence electrons. The van der Waals surface area contributed by atoms with E-state index in [1.165, 1.54) is 12.1 Å². The van der Waals surface area contributed by atoms with Crippen LogP contribution in [0.1, 0.15) is 12.0 Å². The summed E-state index contributed by atoms with van der Waals surface area (Å²) in [6.07, 6.45) is 0.683. The molecule has 0 aliphatic rings. The summed E-state index contributed by atoms with van der Waals surface area (Å²) in [6, 6.07) is 4.88. The van der Waals surface area contributed by atoms with Crippen LogP contribution in [0.25, 0.3) is 0 Å². The van der Waals surface area contributed by atoms with E-state index in [1.54, 1.807) is 0 Å². The third kappa shape index (κ3) is 5.01. The second kappa shape index (κ2) is 6.27. The SMILES string of the molecule is CN(CCC(N)=S)Cc1cc(F)cc(Br)c1. The molecule has 2 N–H and O–H groups in total. The van der Waals surface area contributed by atoms with Crippen LogP contribution in [0.5, 0.6) is 0 Å². The highest BCUT2D eigenvalue weighted by atomic mass is 79.9.